The van der Waals surface area contributed by atoms with E-state index in [4.69, 9.17) is 4.74 Å². The molecule has 1 saturated heterocycles. The molecule has 1 aliphatic heterocycles. The number of benzene rings is 1. The Morgan fingerprint density at radius 2 is 2.04 bits per heavy atom. The van der Waals surface area contributed by atoms with Crippen LogP contribution in [0.25, 0.3) is 0 Å². The van der Waals surface area contributed by atoms with Gasteiger partial charge in [0.1, 0.15) is 5.82 Å². The Hall–Kier alpha value is -1.95. The van der Waals surface area contributed by atoms with Gasteiger partial charge in [-0.1, -0.05) is 26.0 Å². The average Bonchev–Trinajstić information content (AvgIpc) is 3.06. The van der Waals surface area contributed by atoms with Crippen LogP contribution in [0.15, 0.2) is 29.3 Å². The maximum atomic E-state index is 13.7. The molecule has 24 heavy (non-hydrogen) atoms. The summed E-state index contributed by atoms with van der Waals surface area (Å²) in [6.45, 7) is 8.35. The summed E-state index contributed by atoms with van der Waals surface area (Å²) in [6.07, 6.45) is 2.53. The average molecular weight is 336 g/mol. The van der Waals surface area contributed by atoms with Gasteiger partial charge in [0.15, 0.2) is 0 Å². The Kier molecular flexibility index (Phi) is 7.18. The van der Waals surface area contributed by atoms with Gasteiger partial charge in [0, 0.05) is 12.8 Å². The van der Waals surface area contributed by atoms with Crippen LogP contribution in [0.1, 0.15) is 37.0 Å². The lowest BCUT2D eigenvalue weighted by atomic mass is 10.2. The lowest BCUT2D eigenvalue weighted by Crippen LogP contribution is -3.10. The van der Waals surface area contributed by atoms with Gasteiger partial charge < -0.3 is 9.64 Å². The molecule has 1 aromatic rings. The zero-order valence-corrected chi connectivity index (χ0v) is 14.5. The molecule has 0 aromatic heterocycles. The normalized spacial score (nSPS) is 15.8. The second-order valence-corrected chi connectivity index (χ2v) is 6.53. The van der Waals surface area contributed by atoms with Gasteiger partial charge in [-0.25, -0.2) is 9.38 Å². The van der Waals surface area contributed by atoms with Crippen LogP contribution in [0, 0.1) is 11.7 Å². The number of carbonyl (C=O) groups excluding carboxylic acids is 1. The SMILES string of the molecule is CC(C)COC(=NCC[NH+]1CCCC1)NC(=O)c1ccccc1F. The number of amidine groups is 1. The van der Waals surface area contributed by atoms with Gasteiger partial charge in [-0.05, 0) is 18.1 Å². The van der Waals surface area contributed by atoms with Crippen LogP contribution in [-0.4, -0.2) is 44.7 Å². The van der Waals surface area contributed by atoms with Gasteiger partial charge >= 0.3 is 0 Å². The number of nitrogens with zero attached hydrogens (tertiary/aromatic N) is 1. The summed E-state index contributed by atoms with van der Waals surface area (Å²) >= 11 is 0. The molecule has 0 spiro atoms. The van der Waals surface area contributed by atoms with Gasteiger partial charge in [0.25, 0.3) is 11.9 Å². The van der Waals surface area contributed by atoms with Gasteiger partial charge in [0.2, 0.25) is 0 Å². The highest BCUT2D eigenvalue weighted by atomic mass is 19.1. The molecular weight excluding hydrogens is 309 g/mol. The van der Waals surface area contributed by atoms with E-state index in [0.717, 1.165) is 6.54 Å². The molecule has 1 amide bonds. The fourth-order valence-corrected chi connectivity index (χ4v) is 2.62. The van der Waals surface area contributed by atoms with Crippen molar-refractivity contribution < 1.29 is 18.8 Å². The molecule has 1 aliphatic rings. The quantitative estimate of drug-likeness (QED) is 0.607. The molecule has 1 heterocycles. The highest BCUT2D eigenvalue weighted by molar-refractivity contribution is 6.04. The minimum Gasteiger partial charge on any atom is -0.465 e. The van der Waals surface area contributed by atoms with Crippen LogP contribution >= 0.6 is 0 Å². The first-order valence-electron chi connectivity index (χ1n) is 8.63. The first-order chi connectivity index (χ1) is 11.6. The molecule has 2 rings (SSSR count). The minimum atomic E-state index is -0.556. The van der Waals surface area contributed by atoms with Crippen molar-refractivity contribution in [3.8, 4) is 0 Å². The Morgan fingerprint density at radius 3 is 2.71 bits per heavy atom. The van der Waals surface area contributed by atoms with E-state index in [1.54, 1.807) is 12.1 Å². The molecule has 1 fully saturated rings. The molecule has 0 atom stereocenters. The van der Waals surface area contributed by atoms with Crippen molar-refractivity contribution in [1.82, 2.24) is 5.32 Å². The second kappa shape index (κ2) is 9.37. The number of hydrogen-bond donors (Lipinski definition) is 2. The maximum Gasteiger partial charge on any atom is 0.291 e. The third kappa shape index (κ3) is 5.92. The van der Waals surface area contributed by atoms with Gasteiger partial charge in [0.05, 0.1) is 38.3 Å². The number of hydrogen-bond acceptors (Lipinski definition) is 3. The van der Waals surface area contributed by atoms with E-state index in [0.29, 0.717) is 19.1 Å². The number of quaternary nitrogens is 1. The van der Waals surface area contributed by atoms with Crippen LogP contribution in [0.3, 0.4) is 0 Å². The zero-order chi connectivity index (χ0) is 17.4. The monoisotopic (exact) mass is 336 g/mol. The summed E-state index contributed by atoms with van der Waals surface area (Å²) in [6, 6.07) is 6.06. The zero-order valence-electron chi connectivity index (χ0n) is 14.5. The molecule has 0 bridgehead atoms. The van der Waals surface area contributed by atoms with Gasteiger partial charge in [-0.15, -0.1) is 0 Å². The molecular formula is C18H27FN3O2+. The van der Waals surface area contributed by atoms with Crippen molar-refractivity contribution in [3.63, 3.8) is 0 Å². The Labute approximate surface area is 142 Å². The summed E-state index contributed by atoms with van der Waals surface area (Å²) in [4.78, 5) is 18.1. The molecule has 2 N–H and O–H groups in total. The number of aliphatic imine (C=N–C) groups is 1. The topological polar surface area (TPSA) is 55.1 Å². The molecule has 6 heteroatoms. The van der Waals surface area contributed by atoms with E-state index in [2.05, 4.69) is 10.3 Å². The lowest BCUT2D eigenvalue weighted by molar-refractivity contribution is -0.885. The van der Waals surface area contributed by atoms with E-state index in [-0.39, 0.29) is 11.6 Å². The minimum absolute atomic E-state index is 0.0106. The molecule has 0 radical (unpaired) electrons. The van der Waals surface area contributed by atoms with E-state index in [9.17, 15) is 9.18 Å². The maximum absolute atomic E-state index is 13.7. The second-order valence-electron chi connectivity index (χ2n) is 6.53. The Bertz CT molecular complexity index is 569. The predicted molar refractivity (Wildman–Crippen MR) is 91.8 cm³/mol. The third-order valence-corrected chi connectivity index (χ3v) is 3.92. The molecule has 0 saturated carbocycles. The molecule has 132 valence electrons. The summed E-state index contributed by atoms with van der Waals surface area (Å²) in [5.41, 5.74) is -0.0106. The molecule has 1 aromatic carbocycles. The number of carbonyl (C=O) groups is 1. The van der Waals surface area contributed by atoms with Crippen LogP contribution in [-0.2, 0) is 4.74 Å². The van der Waals surface area contributed by atoms with E-state index in [1.165, 1.54) is 43.0 Å². The molecule has 0 unspecified atom stereocenters. The van der Waals surface area contributed by atoms with Crippen molar-refractivity contribution in [1.29, 1.82) is 0 Å². The number of halogens is 1. The number of nitrogens with one attached hydrogen (secondary N) is 2. The van der Waals surface area contributed by atoms with E-state index >= 15 is 0 Å². The summed E-state index contributed by atoms with van der Waals surface area (Å²) in [7, 11) is 0. The van der Waals surface area contributed by atoms with Crippen LogP contribution in [0.4, 0.5) is 4.39 Å². The van der Waals surface area contributed by atoms with Crippen molar-refractivity contribution in [2.45, 2.75) is 26.7 Å². The first-order valence-corrected chi connectivity index (χ1v) is 8.63. The van der Waals surface area contributed by atoms with Crippen molar-refractivity contribution in [3.05, 3.63) is 35.6 Å². The number of likely N-dealkylation sites (tertiary alicyclic amines) is 1. The van der Waals surface area contributed by atoms with Crippen molar-refractivity contribution in [2.75, 3.05) is 32.8 Å². The smallest absolute Gasteiger partial charge is 0.291 e. The highest BCUT2D eigenvalue weighted by Gasteiger charge is 2.16. The highest BCUT2D eigenvalue weighted by Crippen LogP contribution is 2.06. The van der Waals surface area contributed by atoms with E-state index < -0.39 is 11.7 Å². The predicted octanol–water partition coefficient (Wildman–Crippen LogP) is 1.26. The first kappa shape index (κ1) is 18.4. The number of ether oxygens (including phenoxy) is 1. The Balaban J connectivity index is 1.96. The van der Waals surface area contributed by atoms with Crippen LogP contribution in [0.2, 0.25) is 0 Å². The van der Waals surface area contributed by atoms with E-state index in [1.807, 2.05) is 13.8 Å². The summed E-state index contributed by atoms with van der Waals surface area (Å²) in [5, 5.41) is 2.59. The fourth-order valence-electron chi connectivity index (χ4n) is 2.62. The third-order valence-electron chi connectivity index (χ3n) is 3.92. The largest absolute Gasteiger partial charge is 0.465 e. The van der Waals surface area contributed by atoms with Crippen LogP contribution < -0.4 is 10.2 Å². The van der Waals surface area contributed by atoms with Crippen molar-refractivity contribution >= 4 is 11.9 Å². The number of amides is 1. The Morgan fingerprint density at radius 1 is 1.33 bits per heavy atom. The number of rotatable bonds is 6. The standard InChI is InChI=1S/C18H26FN3O2/c1-14(2)13-24-18(20-9-12-22-10-5-6-11-22)21-17(23)15-7-3-4-8-16(15)19/h3-4,7-8,14H,5-6,9-13H2,1-2H3,(H,20,21,23)/p+1. The summed E-state index contributed by atoms with van der Waals surface area (Å²) in [5.74, 6) is -0.784. The summed E-state index contributed by atoms with van der Waals surface area (Å²) < 4.78 is 19.3. The lowest BCUT2D eigenvalue weighted by Gasteiger charge is -2.14. The van der Waals surface area contributed by atoms with Gasteiger partial charge in [-0.3, -0.25) is 10.1 Å². The van der Waals surface area contributed by atoms with Crippen LogP contribution in [0.5, 0.6) is 0 Å². The fraction of sp³-hybridized carbons (Fsp3) is 0.556. The van der Waals surface area contributed by atoms with Crippen molar-refractivity contribution in [2.24, 2.45) is 10.9 Å². The molecule has 5 nitrogen and oxygen atoms in total. The van der Waals surface area contributed by atoms with Gasteiger partial charge in [-0.2, -0.15) is 0 Å². The molecule has 0 aliphatic carbocycles.